The van der Waals surface area contributed by atoms with Crippen LogP contribution in [0.2, 0.25) is 0 Å². The second-order valence-electron chi connectivity index (χ2n) is 5.15. The highest BCUT2D eigenvalue weighted by Crippen LogP contribution is 2.25. The van der Waals surface area contributed by atoms with Gasteiger partial charge in [0, 0.05) is 42.9 Å². The van der Waals surface area contributed by atoms with Crippen molar-refractivity contribution in [3.05, 3.63) is 0 Å². The number of hydrogen-bond acceptors (Lipinski definition) is 5. The van der Waals surface area contributed by atoms with E-state index < -0.39 is 15.2 Å². The van der Waals surface area contributed by atoms with Gasteiger partial charge in [-0.1, -0.05) is 13.8 Å². The molecule has 0 spiro atoms. The smallest absolute Gasteiger partial charge is 0.164 e. The lowest BCUT2D eigenvalue weighted by atomic mass is 9.94. The normalized spacial score (nSPS) is 24.6. The third kappa shape index (κ3) is 3.91. The number of sulfone groups is 1. The van der Waals surface area contributed by atoms with Crippen LogP contribution in [-0.4, -0.2) is 61.3 Å². The molecule has 1 atom stereocenters. The Hall–Kier alpha value is 0.220. The molecular formula is C10H21NO3S2. The Bertz CT molecular complexity index is 327. The molecule has 1 heterocycles. The molecule has 1 aliphatic rings. The summed E-state index contributed by atoms with van der Waals surface area (Å²) in [4.78, 5) is 1.99. The van der Waals surface area contributed by atoms with Gasteiger partial charge in [0.15, 0.2) is 9.84 Å². The Labute approximate surface area is 102 Å². The second kappa shape index (κ2) is 5.25. The summed E-state index contributed by atoms with van der Waals surface area (Å²) in [6.45, 7) is 5.39. The van der Waals surface area contributed by atoms with Crippen molar-refractivity contribution in [2.24, 2.45) is 5.41 Å². The van der Waals surface area contributed by atoms with Gasteiger partial charge in [-0.25, -0.2) is 8.42 Å². The predicted molar refractivity (Wildman–Crippen MR) is 68.4 cm³/mol. The molecule has 0 aromatic carbocycles. The summed E-state index contributed by atoms with van der Waals surface area (Å²) in [5.41, 5.74) is -0.245. The molecule has 96 valence electrons. The molecule has 0 bridgehead atoms. The van der Waals surface area contributed by atoms with Crippen molar-refractivity contribution in [3.63, 3.8) is 0 Å². The minimum Gasteiger partial charge on any atom is -0.396 e. The standard InChI is InChI=1S/C10H21NO3S2/c1-10(2,8-12)7-11-4-5-15-6-9(11)16(3,13)14/h9,12H,4-8H2,1-3H3. The predicted octanol–water partition coefficient (Wildman–Crippen LogP) is 0.424. The van der Waals surface area contributed by atoms with Crippen molar-refractivity contribution in [3.8, 4) is 0 Å². The van der Waals surface area contributed by atoms with Crippen molar-refractivity contribution in [1.29, 1.82) is 0 Å². The monoisotopic (exact) mass is 267 g/mol. The van der Waals surface area contributed by atoms with E-state index in [1.807, 2.05) is 18.7 Å². The molecule has 1 N–H and O–H groups in total. The minimum absolute atomic E-state index is 0.0765. The Balaban J connectivity index is 2.76. The fraction of sp³-hybridized carbons (Fsp3) is 1.00. The number of nitrogens with zero attached hydrogens (tertiary/aromatic N) is 1. The summed E-state index contributed by atoms with van der Waals surface area (Å²) < 4.78 is 23.3. The molecule has 16 heavy (non-hydrogen) atoms. The highest BCUT2D eigenvalue weighted by atomic mass is 32.2. The number of hydrogen-bond donors (Lipinski definition) is 1. The molecule has 0 aromatic heterocycles. The lowest BCUT2D eigenvalue weighted by Gasteiger charge is -2.38. The van der Waals surface area contributed by atoms with E-state index in [4.69, 9.17) is 0 Å². The first-order valence-electron chi connectivity index (χ1n) is 5.38. The van der Waals surface area contributed by atoms with Crippen LogP contribution in [0.4, 0.5) is 0 Å². The molecule has 1 aliphatic heterocycles. The molecule has 0 aliphatic carbocycles. The van der Waals surface area contributed by atoms with Gasteiger partial charge in [-0.3, -0.25) is 4.90 Å². The lowest BCUT2D eigenvalue weighted by Crippen LogP contribution is -2.50. The Morgan fingerprint density at radius 3 is 2.62 bits per heavy atom. The quantitative estimate of drug-likeness (QED) is 0.800. The van der Waals surface area contributed by atoms with Crippen molar-refractivity contribution in [2.45, 2.75) is 19.2 Å². The zero-order chi connectivity index (χ0) is 12.4. The molecule has 1 saturated heterocycles. The first kappa shape index (κ1) is 14.3. The van der Waals surface area contributed by atoms with E-state index in [1.54, 1.807) is 11.8 Å². The van der Waals surface area contributed by atoms with Gasteiger partial charge in [0.1, 0.15) is 5.37 Å². The molecule has 0 amide bonds. The number of aliphatic hydroxyl groups excluding tert-OH is 1. The van der Waals surface area contributed by atoms with Crippen LogP contribution in [0.1, 0.15) is 13.8 Å². The molecule has 0 saturated carbocycles. The summed E-state index contributed by atoms with van der Waals surface area (Å²) in [6.07, 6.45) is 1.29. The number of rotatable bonds is 4. The van der Waals surface area contributed by atoms with Crippen LogP contribution in [0.15, 0.2) is 0 Å². The summed E-state index contributed by atoms with van der Waals surface area (Å²) in [5.74, 6) is 1.61. The van der Waals surface area contributed by atoms with E-state index in [-0.39, 0.29) is 12.0 Å². The van der Waals surface area contributed by atoms with Crippen LogP contribution in [0.5, 0.6) is 0 Å². The first-order valence-corrected chi connectivity index (χ1v) is 8.49. The van der Waals surface area contributed by atoms with Gasteiger partial charge in [-0.2, -0.15) is 11.8 Å². The molecular weight excluding hydrogens is 246 g/mol. The van der Waals surface area contributed by atoms with Crippen LogP contribution in [0, 0.1) is 5.41 Å². The Morgan fingerprint density at radius 1 is 1.50 bits per heavy atom. The van der Waals surface area contributed by atoms with Crippen LogP contribution in [0.3, 0.4) is 0 Å². The van der Waals surface area contributed by atoms with Gasteiger partial charge in [-0.15, -0.1) is 0 Å². The van der Waals surface area contributed by atoms with Gasteiger partial charge in [0.25, 0.3) is 0 Å². The fourth-order valence-corrected chi connectivity index (χ4v) is 4.73. The van der Waals surface area contributed by atoms with Crippen LogP contribution >= 0.6 is 11.8 Å². The van der Waals surface area contributed by atoms with Gasteiger partial charge in [0.2, 0.25) is 0 Å². The van der Waals surface area contributed by atoms with E-state index in [9.17, 15) is 13.5 Å². The van der Waals surface area contributed by atoms with E-state index in [0.29, 0.717) is 12.3 Å². The highest BCUT2D eigenvalue weighted by molar-refractivity contribution is 8.00. The van der Waals surface area contributed by atoms with Gasteiger partial charge in [0.05, 0.1) is 0 Å². The molecule has 1 unspecified atom stereocenters. The summed E-state index contributed by atoms with van der Waals surface area (Å²) in [5, 5.41) is 8.84. The maximum Gasteiger partial charge on any atom is 0.164 e. The van der Waals surface area contributed by atoms with E-state index >= 15 is 0 Å². The third-order valence-corrected chi connectivity index (χ3v) is 5.43. The van der Waals surface area contributed by atoms with Gasteiger partial charge in [-0.05, 0) is 0 Å². The van der Waals surface area contributed by atoms with E-state index in [1.165, 1.54) is 6.26 Å². The van der Waals surface area contributed by atoms with Crippen LogP contribution < -0.4 is 0 Å². The topological polar surface area (TPSA) is 57.6 Å². The van der Waals surface area contributed by atoms with Crippen molar-refractivity contribution >= 4 is 21.6 Å². The lowest BCUT2D eigenvalue weighted by molar-refractivity contribution is 0.101. The average molecular weight is 267 g/mol. The summed E-state index contributed by atoms with van der Waals surface area (Å²) in [7, 11) is -3.03. The van der Waals surface area contributed by atoms with Crippen molar-refractivity contribution in [2.75, 3.05) is 37.5 Å². The first-order chi connectivity index (χ1) is 7.26. The van der Waals surface area contributed by atoms with Gasteiger partial charge >= 0.3 is 0 Å². The van der Waals surface area contributed by atoms with Crippen LogP contribution in [0.25, 0.3) is 0 Å². The van der Waals surface area contributed by atoms with Gasteiger partial charge < -0.3 is 5.11 Å². The van der Waals surface area contributed by atoms with Crippen molar-refractivity contribution in [1.82, 2.24) is 4.90 Å². The SMILES string of the molecule is CC(C)(CO)CN1CCSCC1S(C)(=O)=O. The van der Waals surface area contributed by atoms with Crippen molar-refractivity contribution < 1.29 is 13.5 Å². The highest BCUT2D eigenvalue weighted by Gasteiger charge is 2.34. The van der Waals surface area contributed by atoms with E-state index in [0.717, 1.165) is 12.3 Å². The Kier molecular flexibility index (Phi) is 4.68. The average Bonchev–Trinajstić information content (AvgIpc) is 2.16. The molecule has 0 aromatic rings. The second-order valence-corrected chi connectivity index (χ2v) is 8.50. The maximum atomic E-state index is 11.7. The fourth-order valence-electron chi connectivity index (χ4n) is 1.79. The largest absolute Gasteiger partial charge is 0.396 e. The summed E-state index contributed by atoms with van der Waals surface area (Å²) >= 11 is 1.68. The zero-order valence-corrected chi connectivity index (χ0v) is 11.8. The zero-order valence-electron chi connectivity index (χ0n) is 10.1. The third-order valence-electron chi connectivity index (χ3n) is 2.74. The maximum absolute atomic E-state index is 11.7. The minimum atomic E-state index is -3.03. The molecule has 0 radical (unpaired) electrons. The number of aliphatic hydroxyl groups is 1. The van der Waals surface area contributed by atoms with Crippen LogP contribution in [-0.2, 0) is 9.84 Å². The van der Waals surface area contributed by atoms with E-state index in [2.05, 4.69) is 0 Å². The molecule has 1 rings (SSSR count). The Morgan fingerprint density at radius 2 is 2.12 bits per heavy atom. The summed E-state index contributed by atoms with van der Waals surface area (Å²) in [6, 6.07) is 0. The molecule has 4 nitrogen and oxygen atoms in total. The molecule has 1 fully saturated rings. The number of thioether (sulfide) groups is 1. The molecule has 6 heteroatoms.